The van der Waals surface area contributed by atoms with Crippen LogP contribution in [0.4, 0.5) is 24.5 Å². The molecule has 0 aromatic heterocycles. The van der Waals surface area contributed by atoms with Crippen molar-refractivity contribution in [1.29, 1.82) is 0 Å². The number of piperidine rings is 1. The van der Waals surface area contributed by atoms with E-state index in [1.165, 1.54) is 12.8 Å². The van der Waals surface area contributed by atoms with E-state index in [1.807, 2.05) is 24.3 Å². The van der Waals surface area contributed by atoms with Crippen molar-refractivity contribution in [3.63, 3.8) is 0 Å². The maximum Gasteiger partial charge on any atom is 0.391 e. The molecule has 1 aliphatic heterocycles. The Bertz CT molecular complexity index is 528. The molecule has 2 fully saturated rings. The SMILES string of the molecule is N[C@H]1CC[C@H](CNc2ccc(N3CCC(C(F)(F)F)CC3)cc2)CC1. The normalized spacial score (nSPS) is 25.8. The third-order valence-electron chi connectivity index (χ3n) is 5.68. The highest BCUT2D eigenvalue weighted by molar-refractivity contribution is 5.55. The van der Waals surface area contributed by atoms with Crippen LogP contribution >= 0.6 is 0 Å². The molecule has 3 N–H and O–H groups in total. The van der Waals surface area contributed by atoms with Gasteiger partial charge in [0, 0.05) is 37.1 Å². The predicted molar refractivity (Wildman–Crippen MR) is 95.9 cm³/mol. The van der Waals surface area contributed by atoms with Crippen LogP contribution in [-0.2, 0) is 0 Å². The van der Waals surface area contributed by atoms with Crippen molar-refractivity contribution in [3.05, 3.63) is 24.3 Å². The Morgan fingerprint density at radius 3 is 2.12 bits per heavy atom. The topological polar surface area (TPSA) is 41.3 Å². The van der Waals surface area contributed by atoms with E-state index in [2.05, 4.69) is 10.2 Å². The van der Waals surface area contributed by atoms with Gasteiger partial charge in [-0.05, 0) is 68.7 Å². The van der Waals surface area contributed by atoms with Gasteiger partial charge >= 0.3 is 6.18 Å². The molecule has 25 heavy (non-hydrogen) atoms. The minimum atomic E-state index is -4.05. The Balaban J connectivity index is 1.46. The van der Waals surface area contributed by atoms with Crippen LogP contribution in [0.15, 0.2) is 24.3 Å². The summed E-state index contributed by atoms with van der Waals surface area (Å²) in [4.78, 5) is 2.05. The van der Waals surface area contributed by atoms with Crippen molar-refractivity contribution in [1.82, 2.24) is 0 Å². The number of benzene rings is 1. The van der Waals surface area contributed by atoms with Crippen molar-refractivity contribution in [2.45, 2.75) is 50.7 Å². The highest BCUT2D eigenvalue weighted by Crippen LogP contribution is 2.35. The van der Waals surface area contributed by atoms with E-state index in [9.17, 15) is 13.2 Å². The molecular formula is C19H28F3N3. The van der Waals surface area contributed by atoms with Crippen LogP contribution in [0.1, 0.15) is 38.5 Å². The molecule has 1 saturated carbocycles. The Morgan fingerprint density at radius 2 is 1.56 bits per heavy atom. The van der Waals surface area contributed by atoms with Gasteiger partial charge in [0.25, 0.3) is 0 Å². The molecule has 2 aliphatic rings. The Kier molecular flexibility index (Phi) is 5.77. The Morgan fingerprint density at radius 1 is 0.960 bits per heavy atom. The fourth-order valence-corrected chi connectivity index (χ4v) is 3.91. The first-order chi connectivity index (χ1) is 11.9. The summed E-state index contributed by atoms with van der Waals surface area (Å²) in [6.07, 6.45) is 0.905. The number of nitrogens with zero attached hydrogens (tertiary/aromatic N) is 1. The predicted octanol–water partition coefficient (Wildman–Crippen LogP) is 4.39. The van der Waals surface area contributed by atoms with Gasteiger partial charge in [-0.3, -0.25) is 0 Å². The molecule has 1 aliphatic carbocycles. The number of nitrogens with one attached hydrogen (secondary N) is 1. The lowest BCUT2D eigenvalue weighted by Crippen LogP contribution is -2.38. The quantitative estimate of drug-likeness (QED) is 0.841. The third-order valence-corrected chi connectivity index (χ3v) is 5.68. The minimum absolute atomic E-state index is 0.188. The van der Waals surface area contributed by atoms with Crippen LogP contribution in [0.5, 0.6) is 0 Å². The number of alkyl halides is 3. The molecule has 0 radical (unpaired) electrons. The van der Waals surface area contributed by atoms with E-state index in [4.69, 9.17) is 5.73 Å². The molecule has 1 heterocycles. The first kappa shape index (κ1) is 18.4. The summed E-state index contributed by atoms with van der Waals surface area (Å²) in [5, 5.41) is 3.48. The smallest absolute Gasteiger partial charge is 0.385 e. The summed E-state index contributed by atoms with van der Waals surface area (Å²) in [6, 6.07) is 8.44. The maximum atomic E-state index is 12.7. The second-order valence-electron chi connectivity index (χ2n) is 7.51. The standard InChI is InChI=1S/C19H28F3N3/c20-19(21,22)15-9-11-25(12-10-15)18-7-5-17(6-8-18)24-13-14-1-3-16(23)4-2-14/h5-8,14-16,24H,1-4,9-13,23H2/t14-,16-. The average Bonchev–Trinajstić information content (AvgIpc) is 2.61. The number of anilines is 2. The van der Waals surface area contributed by atoms with E-state index in [-0.39, 0.29) is 12.8 Å². The number of halogens is 3. The molecule has 0 unspecified atom stereocenters. The lowest BCUT2D eigenvalue weighted by atomic mass is 9.86. The van der Waals surface area contributed by atoms with Gasteiger partial charge in [-0.1, -0.05) is 0 Å². The van der Waals surface area contributed by atoms with Crippen LogP contribution in [-0.4, -0.2) is 31.9 Å². The third kappa shape index (κ3) is 5.03. The van der Waals surface area contributed by atoms with E-state index >= 15 is 0 Å². The first-order valence-corrected chi connectivity index (χ1v) is 9.33. The molecule has 3 rings (SSSR count). The Hall–Kier alpha value is -1.43. The minimum Gasteiger partial charge on any atom is -0.385 e. The van der Waals surface area contributed by atoms with Crippen LogP contribution in [0.25, 0.3) is 0 Å². The van der Waals surface area contributed by atoms with Gasteiger partial charge in [0.1, 0.15) is 0 Å². The lowest BCUT2D eigenvalue weighted by molar-refractivity contribution is -0.179. The van der Waals surface area contributed by atoms with Crippen molar-refractivity contribution in [2.24, 2.45) is 17.6 Å². The van der Waals surface area contributed by atoms with Gasteiger partial charge in [-0.25, -0.2) is 0 Å². The van der Waals surface area contributed by atoms with Crippen molar-refractivity contribution in [3.8, 4) is 0 Å². The zero-order valence-corrected chi connectivity index (χ0v) is 14.6. The lowest BCUT2D eigenvalue weighted by Gasteiger charge is -2.34. The van der Waals surface area contributed by atoms with Crippen LogP contribution in [0.3, 0.4) is 0 Å². The molecule has 0 amide bonds. The fourth-order valence-electron chi connectivity index (χ4n) is 3.91. The molecule has 140 valence electrons. The number of nitrogens with two attached hydrogens (primary N) is 1. The van der Waals surface area contributed by atoms with Gasteiger partial charge in [0.05, 0.1) is 5.92 Å². The largest absolute Gasteiger partial charge is 0.391 e. The highest BCUT2D eigenvalue weighted by Gasteiger charge is 2.41. The first-order valence-electron chi connectivity index (χ1n) is 9.33. The average molecular weight is 355 g/mol. The van der Waals surface area contributed by atoms with Crippen LogP contribution in [0.2, 0.25) is 0 Å². The molecular weight excluding hydrogens is 327 g/mol. The van der Waals surface area contributed by atoms with Gasteiger partial charge in [-0.15, -0.1) is 0 Å². The molecule has 6 heteroatoms. The van der Waals surface area contributed by atoms with Gasteiger partial charge in [-0.2, -0.15) is 13.2 Å². The summed E-state index contributed by atoms with van der Waals surface area (Å²) in [5.41, 5.74) is 8.02. The summed E-state index contributed by atoms with van der Waals surface area (Å²) < 4.78 is 38.2. The van der Waals surface area contributed by atoms with E-state index < -0.39 is 12.1 Å². The molecule has 0 atom stereocenters. The molecule has 0 spiro atoms. The number of hydrogen-bond acceptors (Lipinski definition) is 3. The second-order valence-corrected chi connectivity index (χ2v) is 7.51. The number of rotatable bonds is 4. The van der Waals surface area contributed by atoms with Crippen LogP contribution in [0, 0.1) is 11.8 Å². The van der Waals surface area contributed by atoms with Crippen molar-refractivity contribution in [2.75, 3.05) is 29.9 Å². The summed E-state index contributed by atoms with van der Waals surface area (Å²) in [7, 11) is 0. The highest BCUT2D eigenvalue weighted by atomic mass is 19.4. The zero-order chi connectivity index (χ0) is 17.9. The molecule has 1 aromatic rings. The zero-order valence-electron chi connectivity index (χ0n) is 14.6. The van der Waals surface area contributed by atoms with Crippen molar-refractivity contribution >= 4 is 11.4 Å². The summed E-state index contributed by atoms with van der Waals surface area (Å²) >= 11 is 0. The Labute approximate surface area is 147 Å². The van der Waals surface area contributed by atoms with Gasteiger partial charge in [0.15, 0.2) is 0 Å². The van der Waals surface area contributed by atoms with E-state index in [0.29, 0.717) is 25.0 Å². The molecule has 1 aromatic carbocycles. The number of hydrogen-bond donors (Lipinski definition) is 2. The summed E-state index contributed by atoms with van der Waals surface area (Å²) in [6.45, 7) is 1.90. The van der Waals surface area contributed by atoms with E-state index in [0.717, 1.165) is 30.8 Å². The summed E-state index contributed by atoms with van der Waals surface area (Å²) in [5.74, 6) is -0.464. The monoisotopic (exact) mass is 355 g/mol. The van der Waals surface area contributed by atoms with Crippen molar-refractivity contribution < 1.29 is 13.2 Å². The second kappa shape index (κ2) is 7.85. The van der Waals surface area contributed by atoms with E-state index in [1.54, 1.807) is 0 Å². The van der Waals surface area contributed by atoms with Crippen LogP contribution < -0.4 is 16.0 Å². The fraction of sp³-hybridized carbons (Fsp3) is 0.684. The molecule has 0 bridgehead atoms. The molecule has 1 saturated heterocycles. The molecule has 3 nitrogen and oxygen atoms in total. The van der Waals surface area contributed by atoms with Gasteiger partial charge in [0.2, 0.25) is 0 Å². The van der Waals surface area contributed by atoms with Gasteiger partial charge < -0.3 is 16.0 Å². The maximum absolute atomic E-state index is 12.7.